The van der Waals surface area contributed by atoms with Crippen molar-refractivity contribution >= 4 is 0 Å². The summed E-state index contributed by atoms with van der Waals surface area (Å²) in [5.74, 6) is 0.854. The first kappa shape index (κ1) is 12.9. The van der Waals surface area contributed by atoms with Crippen LogP contribution in [0.5, 0.6) is 0 Å². The molecule has 3 heteroatoms. The molecular formula is C15H28N2O. The Morgan fingerprint density at radius 2 is 2.17 bits per heavy atom. The Morgan fingerprint density at radius 3 is 2.83 bits per heavy atom. The quantitative estimate of drug-likeness (QED) is 0.818. The van der Waals surface area contributed by atoms with Crippen molar-refractivity contribution in [2.45, 2.75) is 69.6 Å². The molecule has 0 radical (unpaired) electrons. The van der Waals surface area contributed by atoms with Crippen LogP contribution < -0.4 is 5.73 Å². The zero-order chi connectivity index (χ0) is 12.6. The maximum atomic E-state index is 6.05. The molecular weight excluding hydrogens is 224 g/mol. The largest absolute Gasteiger partial charge is 0.375 e. The molecule has 2 saturated heterocycles. The summed E-state index contributed by atoms with van der Waals surface area (Å²) in [6.45, 7) is 5.42. The van der Waals surface area contributed by atoms with E-state index in [0.717, 1.165) is 25.1 Å². The number of nitrogens with two attached hydrogens (primary N) is 1. The van der Waals surface area contributed by atoms with Crippen LogP contribution in [0.2, 0.25) is 0 Å². The Morgan fingerprint density at radius 1 is 1.33 bits per heavy atom. The fourth-order valence-electron chi connectivity index (χ4n) is 4.19. The normalized spacial score (nSPS) is 40.7. The molecule has 0 aromatic rings. The van der Waals surface area contributed by atoms with Crippen LogP contribution >= 0.6 is 0 Å². The molecule has 3 nitrogen and oxygen atoms in total. The van der Waals surface area contributed by atoms with E-state index in [-0.39, 0.29) is 5.60 Å². The molecule has 1 saturated carbocycles. The predicted molar refractivity (Wildman–Crippen MR) is 73.5 cm³/mol. The number of piperidine rings is 1. The van der Waals surface area contributed by atoms with Crippen molar-refractivity contribution in [1.29, 1.82) is 0 Å². The van der Waals surface area contributed by atoms with Gasteiger partial charge in [0, 0.05) is 25.2 Å². The van der Waals surface area contributed by atoms with Gasteiger partial charge in [-0.05, 0) is 57.4 Å². The van der Waals surface area contributed by atoms with E-state index in [1.165, 1.54) is 51.5 Å². The molecule has 0 amide bonds. The van der Waals surface area contributed by atoms with Crippen molar-refractivity contribution in [3.8, 4) is 0 Å². The van der Waals surface area contributed by atoms with Crippen molar-refractivity contribution in [3.05, 3.63) is 0 Å². The summed E-state index contributed by atoms with van der Waals surface area (Å²) in [6.07, 6.45) is 9.07. The Hall–Kier alpha value is -0.120. The van der Waals surface area contributed by atoms with Gasteiger partial charge in [0.05, 0.1) is 5.60 Å². The van der Waals surface area contributed by atoms with Crippen molar-refractivity contribution in [1.82, 2.24) is 4.90 Å². The molecule has 1 spiro atoms. The molecule has 3 unspecified atom stereocenters. The van der Waals surface area contributed by atoms with Gasteiger partial charge in [-0.15, -0.1) is 0 Å². The molecule has 2 heterocycles. The number of hydrogen-bond donors (Lipinski definition) is 1. The Labute approximate surface area is 111 Å². The molecule has 2 N–H and O–H groups in total. The van der Waals surface area contributed by atoms with E-state index in [1.54, 1.807) is 0 Å². The molecule has 0 bridgehead atoms. The second kappa shape index (κ2) is 5.10. The van der Waals surface area contributed by atoms with Gasteiger partial charge in [0.2, 0.25) is 0 Å². The van der Waals surface area contributed by atoms with Gasteiger partial charge >= 0.3 is 0 Å². The second-order valence-electron chi connectivity index (χ2n) is 6.79. The van der Waals surface area contributed by atoms with Crippen LogP contribution in [-0.4, -0.2) is 42.3 Å². The van der Waals surface area contributed by atoms with Gasteiger partial charge in [-0.2, -0.15) is 0 Å². The van der Waals surface area contributed by atoms with Crippen molar-refractivity contribution in [2.24, 2.45) is 11.7 Å². The van der Waals surface area contributed by atoms with Gasteiger partial charge in [-0.25, -0.2) is 0 Å². The van der Waals surface area contributed by atoms with Crippen LogP contribution in [0.4, 0.5) is 0 Å². The summed E-state index contributed by atoms with van der Waals surface area (Å²) in [4.78, 5) is 2.72. The SMILES string of the molecule is CC1CCN(C2CCOC3(CCC3)C2)C(CN)C1. The van der Waals surface area contributed by atoms with Gasteiger partial charge in [0.25, 0.3) is 0 Å². The molecule has 3 atom stereocenters. The topological polar surface area (TPSA) is 38.5 Å². The van der Waals surface area contributed by atoms with Gasteiger partial charge in [-0.3, -0.25) is 4.90 Å². The molecule has 0 aromatic carbocycles. The van der Waals surface area contributed by atoms with Crippen LogP contribution in [0.25, 0.3) is 0 Å². The lowest BCUT2D eigenvalue weighted by molar-refractivity contribution is -0.154. The lowest BCUT2D eigenvalue weighted by atomic mass is 9.73. The van der Waals surface area contributed by atoms with Gasteiger partial charge in [-0.1, -0.05) is 6.92 Å². The van der Waals surface area contributed by atoms with E-state index in [1.807, 2.05) is 0 Å². The number of likely N-dealkylation sites (tertiary alicyclic amines) is 1. The summed E-state index contributed by atoms with van der Waals surface area (Å²) in [7, 11) is 0. The first-order valence-electron chi connectivity index (χ1n) is 7.82. The average molecular weight is 252 g/mol. The molecule has 3 aliphatic rings. The maximum Gasteiger partial charge on any atom is 0.0697 e. The Kier molecular flexibility index (Phi) is 3.65. The van der Waals surface area contributed by atoms with E-state index < -0.39 is 0 Å². The molecule has 3 rings (SSSR count). The zero-order valence-corrected chi connectivity index (χ0v) is 11.7. The van der Waals surface area contributed by atoms with E-state index >= 15 is 0 Å². The van der Waals surface area contributed by atoms with Gasteiger partial charge in [0.15, 0.2) is 0 Å². The highest BCUT2D eigenvalue weighted by atomic mass is 16.5. The van der Waals surface area contributed by atoms with Crippen molar-refractivity contribution in [3.63, 3.8) is 0 Å². The fraction of sp³-hybridized carbons (Fsp3) is 1.00. The summed E-state index contributed by atoms with van der Waals surface area (Å²) in [6, 6.07) is 1.36. The second-order valence-corrected chi connectivity index (χ2v) is 6.79. The summed E-state index contributed by atoms with van der Waals surface area (Å²) in [5, 5.41) is 0. The lowest BCUT2D eigenvalue weighted by Crippen LogP contribution is -2.57. The lowest BCUT2D eigenvalue weighted by Gasteiger charge is -2.52. The van der Waals surface area contributed by atoms with Gasteiger partial charge in [0.1, 0.15) is 0 Å². The van der Waals surface area contributed by atoms with Crippen molar-refractivity contribution < 1.29 is 4.74 Å². The molecule has 18 heavy (non-hydrogen) atoms. The van der Waals surface area contributed by atoms with E-state index in [9.17, 15) is 0 Å². The summed E-state index contributed by atoms with van der Waals surface area (Å²) < 4.78 is 6.05. The smallest absolute Gasteiger partial charge is 0.0697 e. The molecule has 2 aliphatic heterocycles. The zero-order valence-electron chi connectivity index (χ0n) is 11.7. The number of hydrogen-bond acceptors (Lipinski definition) is 3. The Bertz CT molecular complexity index is 290. The van der Waals surface area contributed by atoms with E-state index in [4.69, 9.17) is 10.5 Å². The maximum absolute atomic E-state index is 6.05. The highest BCUT2D eigenvalue weighted by Gasteiger charge is 2.45. The minimum absolute atomic E-state index is 0.269. The van der Waals surface area contributed by atoms with E-state index in [0.29, 0.717) is 6.04 Å². The average Bonchev–Trinajstić information content (AvgIpc) is 2.37. The standard InChI is InChI=1S/C15H28N2O/c1-12-3-7-17(14(9-12)11-16)13-4-8-18-15(10-13)5-2-6-15/h12-14H,2-11,16H2,1H3. The predicted octanol–water partition coefficient (Wildman–Crippen LogP) is 2.15. The van der Waals surface area contributed by atoms with Crippen LogP contribution in [0.1, 0.15) is 51.9 Å². The highest BCUT2D eigenvalue weighted by molar-refractivity contribution is 4.98. The highest BCUT2D eigenvalue weighted by Crippen LogP contribution is 2.44. The molecule has 1 aliphatic carbocycles. The molecule has 0 aromatic heterocycles. The van der Waals surface area contributed by atoms with Gasteiger partial charge < -0.3 is 10.5 Å². The third-order valence-corrected chi connectivity index (χ3v) is 5.50. The van der Waals surface area contributed by atoms with Crippen LogP contribution in [-0.2, 0) is 4.74 Å². The van der Waals surface area contributed by atoms with Crippen molar-refractivity contribution in [2.75, 3.05) is 19.7 Å². The summed E-state index contributed by atoms with van der Waals surface area (Å²) in [5.41, 5.74) is 6.27. The first-order valence-corrected chi connectivity index (χ1v) is 7.82. The van der Waals surface area contributed by atoms with Crippen LogP contribution in [0.15, 0.2) is 0 Å². The summed E-state index contributed by atoms with van der Waals surface area (Å²) >= 11 is 0. The third-order valence-electron chi connectivity index (χ3n) is 5.50. The third kappa shape index (κ3) is 2.33. The minimum atomic E-state index is 0.269. The number of rotatable bonds is 2. The van der Waals surface area contributed by atoms with Crippen LogP contribution in [0.3, 0.4) is 0 Å². The monoisotopic (exact) mass is 252 g/mol. The number of ether oxygens (including phenoxy) is 1. The first-order chi connectivity index (χ1) is 8.72. The number of nitrogens with zero attached hydrogens (tertiary/aromatic N) is 1. The fourth-order valence-corrected chi connectivity index (χ4v) is 4.19. The Balaban J connectivity index is 1.65. The molecule has 104 valence electrons. The molecule has 3 fully saturated rings. The van der Waals surface area contributed by atoms with E-state index in [2.05, 4.69) is 11.8 Å². The minimum Gasteiger partial charge on any atom is -0.375 e. The van der Waals surface area contributed by atoms with Crippen LogP contribution in [0, 0.1) is 5.92 Å².